The van der Waals surface area contributed by atoms with E-state index in [1.165, 1.54) is 29.6 Å². The van der Waals surface area contributed by atoms with Crippen LogP contribution in [0.4, 0.5) is 5.69 Å². The number of nitrogens with zero attached hydrogens (tertiary/aromatic N) is 2. The molecule has 0 radical (unpaired) electrons. The van der Waals surface area contributed by atoms with Gasteiger partial charge in [-0.3, -0.25) is 9.69 Å². The SMILES string of the molecule is COC(=O)c1cccc(NC(=O)CN2CCN(S(=O)(=O)c3ccc(C)cc3)CC2)c1O. The first-order valence-corrected chi connectivity index (χ1v) is 11.2. The third-order valence-corrected chi connectivity index (χ3v) is 6.99. The van der Waals surface area contributed by atoms with Gasteiger partial charge in [0.2, 0.25) is 15.9 Å². The van der Waals surface area contributed by atoms with Gasteiger partial charge in [-0.15, -0.1) is 0 Å². The molecule has 10 heteroatoms. The van der Waals surface area contributed by atoms with Crippen LogP contribution in [-0.4, -0.2) is 74.4 Å². The van der Waals surface area contributed by atoms with Crippen molar-refractivity contribution >= 4 is 27.6 Å². The third-order valence-electron chi connectivity index (χ3n) is 5.07. The van der Waals surface area contributed by atoms with Crippen LogP contribution in [-0.2, 0) is 19.6 Å². The number of phenols is 1. The van der Waals surface area contributed by atoms with E-state index in [0.717, 1.165) is 5.56 Å². The van der Waals surface area contributed by atoms with Crippen molar-refractivity contribution in [1.29, 1.82) is 0 Å². The smallest absolute Gasteiger partial charge is 0.341 e. The summed E-state index contributed by atoms with van der Waals surface area (Å²) in [5, 5.41) is 12.8. The van der Waals surface area contributed by atoms with E-state index in [0.29, 0.717) is 13.1 Å². The second-order valence-electron chi connectivity index (χ2n) is 7.23. The number of anilines is 1. The second kappa shape index (κ2) is 9.46. The van der Waals surface area contributed by atoms with E-state index in [2.05, 4.69) is 10.1 Å². The molecule has 2 aromatic rings. The molecule has 2 N–H and O–H groups in total. The highest BCUT2D eigenvalue weighted by atomic mass is 32.2. The van der Waals surface area contributed by atoms with Crippen LogP contribution in [0.2, 0.25) is 0 Å². The number of methoxy groups -OCH3 is 1. The zero-order chi connectivity index (χ0) is 22.6. The highest BCUT2D eigenvalue weighted by molar-refractivity contribution is 7.89. The Kier molecular flexibility index (Phi) is 6.94. The van der Waals surface area contributed by atoms with E-state index in [1.54, 1.807) is 24.3 Å². The highest BCUT2D eigenvalue weighted by Crippen LogP contribution is 2.28. The molecular weight excluding hydrogens is 422 g/mol. The summed E-state index contributed by atoms with van der Waals surface area (Å²) in [4.78, 5) is 26.2. The van der Waals surface area contributed by atoms with Crippen molar-refractivity contribution in [3.63, 3.8) is 0 Å². The molecule has 2 aromatic carbocycles. The Morgan fingerprint density at radius 2 is 1.71 bits per heavy atom. The van der Waals surface area contributed by atoms with Crippen molar-refractivity contribution in [3.05, 3.63) is 53.6 Å². The van der Waals surface area contributed by atoms with Gasteiger partial charge in [0.05, 0.1) is 24.2 Å². The van der Waals surface area contributed by atoms with Crippen LogP contribution in [0.25, 0.3) is 0 Å². The first-order chi connectivity index (χ1) is 14.7. The lowest BCUT2D eigenvalue weighted by Gasteiger charge is -2.33. The molecule has 0 bridgehead atoms. The summed E-state index contributed by atoms with van der Waals surface area (Å²) < 4.78 is 31.6. The fourth-order valence-electron chi connectivity index (χ4n) is 3.30. The van der Waals surface area contributed by atoms with E-state index >= 15 is 0 Å². The average Bonchev–Trinajstić information content (AvgIpc) is 2.75. The van der Waals surface area contributed by atoms with Crippen LogP contribution in [0.1, 0.15) is 15.9 Å². The minimum Gasteiger partial charge on any atom is -0.505 e. The Morgan fingerprint density at radius 3 is 2.32 bits per heavy atom. The van der Waals surface area contributed by atoms with Crippen LogP contribution in [0.3, 0.4) is 0 Å². The third kappa shape index (κ3) is 5.22. The largest absolute Gasteiger partial charge is 0.505 e. The van der Waals surface area contributed by atoms with Crippen molar-refractivity contribution < 1.29 is 27.9 Å². The zero-order valence-electron chi connectivity index (χ0n) is 17.4. The van der Waals surface area contributed by atoms with Crippen LogP contribution in [0, 0.1) is 6.92 Å². The van der Waals surface area contributed by atoms with Crippen molar-refractivity contribution in [3.8, 4) is 5.75 Å². The minimum atomic E-state index is -3.57. The molecule has 1 amide bonds. The minimum absolute atomic E-state index is 0.0281. The molecule has 1 aliphatic rings. The molecular formula is C21H25N3O6S. The number of nitrogens with one attached hydrogen (secondary N) is 1. The number of aryl methyl sites for hydroxylation is 1. The Balaban J connectivity index is 1.57. The molecule has 0 unspecified atom stereocenters. The molecule has 0 atom stereocenters. The van der Waals surface area contributed by atoms with Gasteiger partial charge in [0.1, 0.15) is 5.56 Å². The molecule has 9 nitrogen and oxygen atoms in total. The number of esters is 1. The molecule has 1 fully saturated rings. The van der Waals surface area contributed by atoms with Gasteiger partial charge in [-0.1, -0.05) is 23.8 Å². The molecule has 0 aliphatic carbocycles. The fraction of sp³-hybridized carbons (Fsp3) is 0.333. The number of para-hydroxylation sites is 1. The van der Waals surface area contributed by atoms with Crippen molar-refractivity contribution in [2.24, 2.45) is 0 Å². The first kappa shape index (κ1) is 22.7. The maximum Gasteiger partial charge on any atom is 0.341 e. The lowest BCUT2D eigenvalue weighted by atomic mass is 10.1. The Hall–Kier alpha value is -2.95. The number of piperazine rings is 1. The molecule has 0 saturated carbocycles. The normalized spacial score (nSPS) is 15.4. The van der Waals surface area contributed by atoms with Gasteiger partial charge in [0, 0.05) is 26.2 Å². The number of rotatable bonds is 6. The zero-order valence-corrected chi connectivity index (χ0v) is 18.2. The van der Waals surface area contributed by atoms with Gasteiger partial charge in [-0.05, 0) is 31.2 Å². The lowest BCUT2D eigenvalue weighted by Crippen LogP contribution is -2.50. The summed E-state index contributed by atoms with van der Waals surface area (Å²) in [6.45, 7) is 3.25. The number of amides is 1. The van der Waals surface area contributed by atoms with Crippen LogP contribution in [0.5, 0.6) is 5.75 Å². The summed E-state index contributed by atoms with van der Waals surface area (Å²) in [7, 11) is -2.37. The Morgan fingerprint density at radius 1 is 1.06 bits per heavy atom. The molecule has 1 saturated heterocycles. The quantitative estimate of drug-likeness (QED) is 0.508. The summed E-state index contributed by atoms with van der Waals surface area (Å²) in [6.07, 6.45) is 0. The predicted octanol–water partition coefficient (Wildman–Crippen LogP) is 1.43. The summed E-state index contributed by atoms with van der Waals surface area (Å²) >= 11 is 0. The van der Waals surface area contributed by atoms with Gasteiger partial charge < -0.3 is 15.2 Å². The standard InChI is InChI=1S/C21H25N3O6S/c1-15-6-8-16(9-7-15)31(28,29)24-12-10-23(11-13-24)14-19(25)22-18-5-3-4-17(20(18)26)21(27)30-2/h3-9,26H,10-14H2,1-2H3,(H,22,25). The number of phenolic OH excluding ortho intramolecular Hbond substituents is 1. The summed E-state index contributed by atoms with van der Waals surface area (Å²) in [5.41, 5.74) is 1.04. The maximum absolute atomic E-state index is 12.8. The Bertz CT molecular complexity index is 1060. The van der Waals surface area contributed by atoms with Gasteiger partial charge in [0.15, 0.2) is 5.75 Å². The van der Waals surface area contributed by atoms with Gasteiger partial charge in [-0.2, -0.15) is 4.31 Å². The molecule has 1 aliphatic heterocycles. The first-order valence-electron chi connectivity index (χ1n) is 9.71. The van der Waals surface area contributed by atoms with Crippen LogP contribution < -0.4 is 5.32 Å². The average molecular weight is 448 g/mol. The maximum atomic E-state index is 12.8. The lowest BCUT2D eigenvalue weighted by molar-refractivity contribution is -0.117. The van der Waals surface area contributed by atoms with Crippen LogP contribution >= 0.6 is 0 Å². The van der Waals surface area contributed by atoms with Gasteiger partial charge in [0.25, 0.3) is 0 Å². The number of hydrogen-bond acceptors (Lipinski definition) is 7. The fourth-order valence-corrected chi connectivity index (χ4v) is 4.72. The number of hydrogen-bond donors (Lipinski definition) is 2. The number of carbonyl (C=O) groups is 2. The summed E-state index contributed by atoms with van der Waals surface area (Å²) in [6, 6.07) is 11.1. The number of carbonyl (C=O) groups excluding carboxylic acids is 2. The number of benzene rings is 2. The van der Waals surface area contributed by atoms with Gasteiger partial charge in [-0.25, -0.2) is 13.2 Å². The van der Waals surface area contributed by atoms with E-state index in [-0.39, 0.29) is 47.4 Å². The summed E-state index contributed by atoms with van der Waals surface area (Å²) in [5.74, 6) is -1.46. The van der Waals surface area contributed by atoms with Gasteiger partial charge >= 0.3 is 5.97 Å². The van der Waals surface area contributed by atoms with E-state index in [9.17, 15) is 23.1 Å². The highest BCUT2D eigenvalue weighted by Gasteiger charge is 2.29. The predicted molar refractivity (Wildman–Crippen MR) is 114 cm³/mol. The van der Waals surface area contributed by atoms with Crippen molar-refractivity contribution in [2.75, 3.05) is 45.2 Å². The molecule has 31 heavy (non-hydrogen) atoms. The number of aromatic hydroxyl groups is 1. The monoisotopic (exact) mass is 447 g/mol. The van der Waals surface area contributed by atoms with Crippen molar-refractivity contribution in [1.82, 2.24) is 9.21 Å². The molecule has 3 rings (SSSR count). The van der Waals surface area contributed by atoms with E-state index in [1.807, 2.05) is 11.8 Å². The number of ether oxygens (including phenoxy) is 1. The molecule has 1 heterocycles. The number of sulfonamides is 1. The molecule has 166 valence electrons. The molecule has 0 aromatic heterocycles. The van der Waals surface area contributed by atoms with E-state index in [4.69, 9.17) is 0 Å². The Labute approximate surface area is 181 Å². The van der Waals surface area contributed by atoms with Crippen molar-refractivity contribution in [2.45, 2.75) is 11.8 Å². The van der Waals surface area contributed by atoms with Crippen LogP contribution in [0.15, 0.2) is 47.4 Å². The topological polar surface area (TPSA) is 116 Å². The second-order valence-corrected chi connectivity index (χ2v) is 9.17. The van der Waals surface area contributed by atoms with E-state index < -0.39 is 16.0 Å². The molecule has 0 spiro atoms.